The van der Waals surface area contributed by atoms with Crippen LogP contribution >= 0.6 is 0 Å². The smallest absolute Gasteiger partial charge is 0.469 e. The summed E-state index contributed by atoms with van der Waals surface area (Å²) in [5, 5.41) is 0. The third kappa shape index (κ3) is 6.54. The number of hydrogen-bond acceptors (Lipinski definition) is 7. The Labute approximate surface area is 185 Å². The molecule has 0 aromatic heterocycles. The van der Waals surface area contributed by atoms with Crippen molar-refractivity contribution in [1.82, 2.24) is 0 Å². The third-order valence-electron chi connectivity index (χ3n) is 5.60. The molecule has 31 heavy (non-hydrogen) atoms. The molecule has 8 heteroatoms. The second-order valence-corrected chi connectivity index (χ2v) is 9.89. The van der Waals surface area contributed by atoms with Gasteiger partial charge in [0.25, 0.3) is 0 Å². The van der Waals surface area contributed by atoms with Gasteiger partial charge in [-0.15, -0.1) is 0 Å². The van der Waals surface area contributed by atoms with Gasteiger partial charge in [0.05, 0.1) is 31.3 Å². The molecule has 1 aliphatic heterocycles. The van der Waals surface area contributed by atoms with Crippen LogP contribution in [0.2, 0.25) is 0 Å². The van der Waals surface area contributed by atoms with Gasteiger partial charge < -0.3 is 23.5 Å². The van der Waals surface area contributed by atoms with E-state index in [1.807, 2.05) is 67.5 Å². The first kappa shape index (κ1) is 25.4. The molecule has 1 fully saturated rings. The monoisotopic (exact) mass is 434 g/mol. The topological polar surface area (TPSA) is 80.3 Å². The summed E-state index contributed by atoms with van der Waals surface area (Å²) in [4.78, 5) is 23.8. The van der Waals surface area contributed by atoms with Crippen LogP contribution in [-0.4, -0.2) is 49.6 Å². The van der Waals surface area contributed by atoms with Gasteiger partial charge in [0.15, 0.2) is 0 Å². The standard InChI is InChI=1S/C23H35BO7/c1-15-17(13-28-14-20(26)29-21(2,3)4)10-16(12-19(25)27-9)11-18(15)24-30-22(5,6)23(7,8)31-24/h10-11H,12-14H2,1-9H3. The van der Waals surface area contributed by atoms with Crippen LogP contribution in [0.3, 0.4) is 0 Å². The van der Waals surface area contributed by atoms with Gasteiger partial charge in [0, 0.05) is 0 Å². The zero-order valence-electron chi connectivity index (χ0n) is 20.2. The lowest BCUT2D eigenvalue weighted by Crippen LogP contribution is -2.41. The number of rotatable bonds is 7. The van der Waals surface area contributed by atoms with Crippen molar-refractivity contribution in [3.8, 4) is 0 Å². The molecule has 0 amide bonds. The van der Waals surface area contributed by atoms with Crippen molar-refractivity contribution in [2.24, 2.45) is 0 Å². The molecule has 172 valence electrons. The fraction of sp³-hybridized carbons (Fsp3) is 0.652. The normalized spacial score (nSPS) is 17.5. The molecular weight excluding hydrogens is 399 g/mol. The molecule has 0 aliphatic carbocycles. The Kier molecular flexibility index (Phi) is 7.61. The second kappa shape index (κ2) is 9.31. The van der Waals surface area contributed by atoms with Crippen LogP contribution in [0.15, 0.2) is 12.1 Å². The summed E-state index contributed by atoms with van der Waals surface area (Å²) in [7, 11) is 0.781. The van der Waals surface area contributed by atoms with Gasteiger partial charge >= 0.3 is 19.1 Å². The fourth-order valence-electron chi connectivity index (χ4n) is 3.19. The minimum Gasteiger partial charge on any atom is -0.469 e. The molecule has 0 unspecified atom stereocenters. The van der Waals surface area contributed by atoms with E-state index in [0.717, 1.165) is 22.2 Å². The lowest BCUT2D eigenvalue weighted by Gasteiger charge is -2.32. The molecule has 1 saturated heterocycles. The highest BCUT2D eigenvalue weighted by molar-refractivity contribution is 6.62. The number of carbonyl (C=O) groups excluding carboxylic acids is 2. The van der Waals surface area contributed by atoms with Crippen LogP contribution in [0.1, 0.15) is 65.2 Å². The Balaban J connectivity index is 2.27. The Morgan fingerprint density at radius 2 is 1.61 bits per heavy atom. The van der Waals surface area contributed by atoms with E-state index < -0.39 is 29.9 Å². The van der Waals surface area contributed by atoms with Crippen molar-refractivity contribution >= 4 is 24.5 Å². The van der Waals surface area contributed by atoms with Crippen molar-refractivity contribution in [2.45, 2.75) is 85.2 Å². The van der Waals surface area contributed by atoms with Crippen LogP contribution in [0.5, 0.6) is 0 Å². The molecule has 1 aromatic carbocycles. The Bertz CT molecular complexity index is 808. The number of methoxy groups -OCH3 is 1. The first-order valence-electron chi connectivity index (χ1n) is 10.5. The molecule has 0 bridgehead atoms. The summed E-state index contributed by atoms with van der Waals surface area (Å²) < 4.78 is 28.2. The summed E-state index contributed by atoms with van der Waals surface area (Å²) in [5.74, 6) is -0.772. The van der Waals surface area contributed by atoms with Gasteiger partial charge in [-0.1, -0.05) is 12.1 Å². The van der Waals surface area contributed by atoms with E-state index in [-0.39, 0.29) is 25.6 Å². The van der Waals surface area contributed by atoms with Gasteiger partial charge in [0.2, 0.25) is 0 Å². The molecule has 0 N–H and O–H groups in total. The maximum Gasteiger partial charge on any atom is 0.495 e. The van der Waals surface area contributed by atoms with Crippen molar-refractivity contribution in [3.05, 3.63) is 28.8 Å². The highest BCUT2D eigenvalue weighted by Crippen LogP contribution is 2.37. The Morgan fingerprint density at radius 3 is 2.13 bits per heavy atom. The molecule has 1 aromatic rings. The number of benzene rings is 1. The first-order valence-corrected chi connectivity index (χ1v) is 10.5. The van der Waals surface area contributed by atoms with Crippen molar-refractivity contribution in [3.63, 3.8) is 0 Å². The van der Waals surface area contributed by atoms with E-state index in [1.54, 1.807) is 0 Å². The predicted molar refractivity (Wildman–Crippen MR) is 118 cm³/mol. The molecule has 0 radical (unpaired) electrons. The van der Waals surface area contributed by atoms with Crippen molar-refractivity contribution < 1.29 is 33.1 Å². The molecule has 7 nitrogen and oxygen atoms in total. The summed E-state index contributed by atoms with van der Waals surface area (Å²) in [6.45, 7) is 15.4. The van der Waals surface area contributed by atoms with E-state index in [4.69, 9.17) is 23.5 Å². The molecule has 0 saturated carbocycles. The van der Waals surface area contributed by atoms with Gasteiger partial charge in [0.1, 0.15) is 12.2 Å². The molecule has 0 atom stereocenters. The molecule has 0 spiro atoms. The average Bonchev–Trinajstić information content (AvgIpc) is 2.83. The van der Waals surface area contributed by atoms with Crippen LogP contribution in [0.25, 0.3) is 0 Å². The second-order valence-electron chi connectivity index (χ2n) is 9.89. The molecular formula is C23H35BO7. The van der Waals surface area contributed by atoms with Crippen molar-refractivity contribution in [2.75, 3.05) is 13.7 Å². The van der Waals surface area contributed by atoms with E-state index in [2.05, 4.69) is 0 Å². The maximum absolute atomic E-state index is 12.0. The number of ether oxygens (including phenoxy) is 3. The van der Waals surface area contributed by atoms with Crippen LogP contribution in [-0.2, 0) is 46.1 Å². The highest BCUT2D eigenvalue weighted by Gasteiger charge is 2.52. The SMILES string of the molecule is COC(=O)Cc1cc(COCC(=O)OC(C)(C)C)c(C)c(B2OC(C)(C)C(C)(C)O2)c1. The zero-order chi connectivity index (χ0) is 23.6. The lowest BCUT2D eigenvalue weighted by molar-refractivity contribution is -0.160. The van der Waals surface area contributed by atoms with E-state index in [9.17, 15) is 9.59 Å². The first-order chi connectivity index (χ1) is 14.1. The minimum atomic E-state index is -0.577. The van der Waals surface area contributed by atoms with Gasteiger partial charge in [-0.05, 0) is 77.5 Å². The van der Waals surface area contributed by atoms with Gasteiger partial charge in [-0.3, -0.25) is 4.79 Å². The quantitative estimate of drug-likeness (QED) is 0.482. The number of carbonyl (C=O) groups is 2. The summed E-state index contributed by atoms with van der Waals surface area (Å²) in [5.41, 5.74) is 1.81. The molecule has 1 heterocycles. The van der Waals surface area contributed by atoms with Crippen LogP contribution in [0.4, 0.5) is 0 Å². The number of esters is 2. The van der Waals surface area contributed by atoms with Gasteiger partial charge in [-0.25, -0.2) is 4.79 Å². The van der Waals surface area contributed by atoms with Gasteiger partial charge in [-0.2, -0.15) is 0 Å². The Hall–Kier alpha value is -1.90. The average molecular weight is 434 g/mol. The summed E-state index contributed by atoms with van der Waals surface area (Å²) >= 11 is 0. The molecule has 1 aliphatic rings. The minimum absolute atomic E-state index is 0.113. The fourth-order valence-corrected chi connectivity index (χ4v) is 3.19. The highest BCUT2D eigenvalue weighted by atomic mass is 16.7. The van der Waals surface area contributed by atoms with E-state index in [1.165, 1.54) is 7.11 Å². The zero-order valence-corrected chi connectivity index (χ0v) is 20.2. The third-order valence-corrected chi connectivity index (χ3v) is 5.60. The van der Waals surface area contributed by atoms with E-state index in [0.29, 0.717) is 0 Å². The van der Waals surface area contributed by atoms with Crippen LogP contribution < -0.4 is 5.46 Å². The summed E-state index contributed by atoms with van der Waals surface area (Å²) in [6, 6.07) is 3.79. The van der Waals surface area contributed by atoms with Crippen LogP contribution in [0, 0.1) is 6.92 Å². The lowest BCUT2D eigenvalue weighted by atomic mass is 9.74. The number of hydrogen-bond donors (Lipinski definition) is 0. The molecule has 2 rings (SSSR count). The predicted octanol–water partition coefficient (Wildman–Crippen LogP) is 2.87. The van der Waals surface area contributed by atoms with E-state index >= 15 is 0 Å². The largest absolute Gasteiger partial charge is 0.495 e. The Morgan fingerprint density at radius 1 is 1.03 bits per heavy atom. The van der Waals surface area contributed by atoms with Crippen molar-refractivity contribution in [1.29, 1.82) is 0 Å². The maximum atomic E-state index is 12.0. The summed E-state index contributed by atoms with van der Waals surface area (Å²) in [6.07, 6.45) is 0.113.